The molecule has 6 aromatic rings. The highest BCUT2D eigenvalue weighted by Crippen LogP contribution is 2.49. The van der Waals surface area contributed by atoms with Crippen LogP contribution in [0.25, 0.3) is 43.1 Å². The van der Waals surface area contributed by atoms with Gasteiger partial charge in [-0.3, -0.25) is 0 Å². The summed E-state index contributed by atoms with van der Waals surface area (Å²) in [6.07, 6.45) is -4.75. The smallest absolute Gasteiger partial charge is 0.506 e. The molecule has 0 atom stereocenters. The van der Waals surface area contributed by atoms with Crippen LogP contribution in [0.15, 0.2) is 77.8 Å². The number of rotatable bonds is 3. The number of nitrogens with zero attached hydrogens (tertiary/aromatic N) is 1. The molecule has 206 valence electrons. The molecule has 1 aliphatic rings. The van der Waals surface area contributed by atoms with Crippen LogP contribution in [0.4, 0.5) is 20.1 Å². The maximum atomic E-state index is 12.6. The lowest BCUT2D eigenvalue weighted by atomic mass is 9.88. The number of carbonyl (C=O) groups is 3. The summed E-state index contributed by atoms with van der Waals surface area (Å²) >= 11 is 0. The number of carbonyl (C=O) groups excluding carboxylic acids is 1. The van der Waals surface area contributed by atoms with Crippen LogP contribution in [-0.2, 0) is 4.74 Å². The lowest BCUT2D eigenvalue weighted by Crippen LogP contribution is -2.23. The van der Waals surface area contributed by atoms with Crippen molar-refractivity contribution in [2.45, 2.75) is 0 Å². The second-order valence-electron chi connectivity index (χ2n) is 9.10. The van der Waals surface area contributed by atoms with E-state index in [4.69, 9.17) is 23.7 Å². The zero-order valence-corrected chi connectivity index (χ0v) is 21.0. The zero-order chi connectivity index (χ0) is 29.1. The van der Waals surface area contributed by atoms with Crippen molar-refractivity contribution in [3.63, 3.8) is 0 Å². The number of para-hydroxylation sites is 2. The molecule has 12 nitrogen and oxygen atoms in total. The number of phenols is 1. The third-order valence-corrected chi connectivity index (χ3v) is 6.80. The van der Waals surface area contributed by atoms with Crippen LogP contribution in [-0.4, -0.2) is 39.9 Å². The van der Waals surface area contributed by atoms with Crippen molar-refractivity contribution in [2.24, 2.45) is 4.99 Å². The molecule has 0 saturated carbocycles. The Labute approximate surface area is 233 Å². The van der Waals surface area contributed by atoms with E-state index in [0.29, 0.717) is 37.7 Å². The van der Waals surface area contributed by atoms with E-state index >= 15 is 0 Å². The Morgan fingerprint density at radius 3 is 1.71 bits per heavy atom. The van der Waals surface area contributed by atoms with Gasteiger partial charge in [0.05, 0.1) is 10.8 Å². The van der Waals surface area contributed by atoms with Crippen molar-refractivity contribution in [3.8, 4) is 28.7 Å². The van der Waals surface area contributed by atoms with Gasteiger partial charge in [-0.1, -0.05) is 12.1 Å². The molecule has 6 aromatic carbocycles. The van der Waals surface area contributed by atoms with Gasteiger partial charge in [-0.25, -0.2) is 14.4 Å². The van der Waals surface area contributed by atoms with E-state index in [-0.39, 0.29) is 39.8 Å². The van der Waals surface area contributed by atoms with E-state index in [9.17, 15) is 29.7 Å². The van der Waals surface area contributed by atoms with Gasteiger partial charge in [0.1, 0.15) is 34.4 Å². The Bertz CT molecular complexity index is 2100. The van der Waals surface area contributed by atoms with Crippen molar-refractivity contribution >= 4 is 73.3 Å². The fourth-order valence-corrected chi connectivity index (χ4v) is 5.29. The molecule has 0 radical (unpaired) electrons. The fraction of sp³-hybridized carbons (Fsp3) is 0. The Kier molecular flexibility index (Phi) is 5.37. The second-order valence-corrected chi connectivity index (χ2v) is 9.10. The summed E-state index contributed by atoms with van der Waals surface area (Å²) in [5.41, 5.74) is 0.100. The Balaban J connectivity index is 1.54. The van der Waals surface area contributed by atoms with Crippen LogP contribution in [0.2, 0.25) is 0 Å². The minimum Gasteiger partial charge on any atom is -0.506 e. The molecule has 0 fully saturated rings. The minimum absolute atomic E-state index is 0.100. The molecule has 0 spiro atoms. The van der Waals surface area contributed by atoms with E-state index in [0.717, 1.165) is 0 Å². The van der Waals surface area contributed by atoms with Crippen LogP contribution in [0, 0.1) is 0 Å². The molecule has 0 aliphatic carbocycles. The Morgan fingerprint density at radius 1 is 0.619 bits per heavy atom. The minimum atomic E-state index is -1.58. The summed E-state index contributed by atoms with van der Waals surface area (Å²) in [7, 11) is 0. The molecular formula is C30H15NO11. The molecule has 0 aromatic heterocycles. The number of fused-ring (bicyclic) bond motifs is 2. The van der Waals surface area contributed by atoms with E-state index in [1.54, 1.807) is 48.5 Å². The van der Waals surface area contributed by atoms with Crippen LogP contribution in [0.1, 0.15) is 0 Å². The van der Waals surface area contributed by atoms with Crippen LogP contribution >= 0.6 is 0 Å². The number of benzene rings is 6. The zero-order valence-electron chi connectivity index (χ0n) is 21.0. The Hall–Kier alpha value is -6.30. The largest absolute Gasteiger partial charge is 0.523 e. The molecule has 1 heterocycles. The van der Waals surface area contributed by atoms with Gasteiger partial charge in [0.2, 0.25) is 0 Å². The first kappa shape index (κ1) is 24.7. The topological polar surface area (TPSA) is 170 Å². The molecule has 7 rings (SSSR count). The molecule has 0 saturated heterocycles. The quantitative estimate of drug-likeness (QED) is 0.0861. The summed E-state index contributed by atoms with van der Waals surface area (Å²) in [6, 6.07) is 18.9. The van der Waals surface area contributed by atoms with Gasteiger partial charge in [0.15, 0.2) is 0 Å². The average Bonchev–Trinajstić information content (AvgIpc) is 2.93. The molecule has 1 aliphatic heterocycles. The monoisotopic (exact) mass is 565 g/mol. The first-order chi connectivity index (χ1) is 20.3. The molecule has 12 heteroatoms. The molecular weight excluding hydrogens is 550 g/mol. The highest BCUT2D eigenvalue weighted by molar-refractivity contribution is 6.35. The van der Waals surface area contributed by atoms with E-state index < -0.39 is 24.5 Å². The van der Waals surface area contributed by atoms with E-state index in [1.807, 2.05) is 0 Å². The Morgan fingerprint density at radius 2 is 1.14 bits per heavy atom. The summed E-state index contributed by atoms with van der Waals surface area (Å²) in [5, 5.41) is 33.0. The maximum absolute atomic E-state index is 12.6. The summed E-state index contributed by atoms with van der Waals surface area (Å²) < 4.78 is 26.6. The van der Waals surface area contributed by atoms with Crippen LogP contribution in [0.5, 0.6) is 28.7 Å². The highest BCUT2D eigenvalue weighted by atomic mass is 16.8. The third kappa shape index (κ3) is 3.85. The average molecular weight is 565 g/mol. The molecule has 3 N–H and O–H groups in total. The molecule has 0 amide bonds. The predicted octanol–water partition coefficient (Wildman–Crippen LogP) is 7.15. The SMILES string of the molecule is O=C(O)Oc1ccc2c3ccc4c5c(ccc(c6ccc(OC(=O)O)c1c26)c53)OC(=Nc1ccccc1O)OC(=O)O4. The standard InChI is InChI=1S/C30H15NO11/c32-18-4-2-1-3-17(18)31-27-38-19-9-5-13-14-6-10-20(39-28(33)34)26-21(40-29(35)36)11-7-15(24(14)26)16-8-12-22(25(19)23(13)16)41-30(37)42-27/h1-12,32H,(H,33,34)(H,35,36). The van der Waals surface area contributed by atoms with Crippen LogP contribution in [0.3, 0.4) is 0 Å². The predicted molar refractivity (Wildman–Crippen MR) is 148 cm³/mol. The second kappa shape index (κ2) is 9.13. The third-order valence-electron chi connectivity index (χ3n) is 6.80. The number of carboxylic acid groups (broad SMARTS) is 2. The van der Waals surface area contributed by atoms with Gasteiger partial charge in [0.25, 0.3) is 0 Å². The normalized spacial score (nSPS) is 13.9. The van der Waals surface area contributed by atoms with Crippen molar-refractivity contribution in [1.82, 2.24) is 0 Å². The summed E-state index contributed by atoms with van der Waals surface area (Å²) in [6.45, 7) is 0. The number of hydrogen-bond donors (Lipinski definition) is 3. The molecule has 0 bridgehead atoms. The number of aromatic hydroxyl groups is 1. The first-order valence-electron chi connectivity index (χ1n) is 12.2. The van der Waals surface area contributed by atoms with Crippen LogP contribution < -0.4 is 18.9 Å². The lowest BCUT2D eigenvalue weighted by Gasteiger charge is -2.21. The number of ether oxygens (including phenoxy) is 5. The van der Waals surface area contributed by atoms with E-state index in [1.165, 1.54) is 24.3 Å². The van der Waals surface area contributed by atoms with Crippen molar-refractivity contribution in [2.75, 3.05) is 0 Å². The number of cyclic esters (lactones) is 1. The van der Waals surface area contributed by atoms with Gasteiger partial charge in [-0.15, -0.1) is 0 Å². The van der Waals surface area contributed by atoms with Gasteiger partial charge >= 0.3 is 24.5 Å². The van der Waals surface area contributed by atoms with Gasteiger partial charge in [-0.05, 0) is 82.2 Å². The molecule has 0 unspecified atom stereocenters. The number of aliphatic imine (C=N–C) groups is 1. The molecule has 42 heavy (non-hydrogen) atoms. The maximum Gasteiger partial charge on any atom is 0.523 e. The number of hydrogen-bond acceptors (Lipinski definition) is 10. The van der Waals surface area contributed by atoms with Crippen molar-refractivity contribution in [1.29, 1.82) is 0 Å². The van der Waals surface area contributed by atoms with Crippen molar-refractivity contribution in [3.05, 3.63) is 72.8 Å². The van der Waals surface area contributed by atoms with Gasteiger partial charge in [0, 0.05) is 10.8 Å². The van der Waals surface area contributed by atoms with Gasteiger partial charge in [-0.2, -0.15) is 4.99 Å². The highest BCUT2D eigenvalue weighted by Gasteiger charge is 2.27. The van der Waals surface area contributed by atoms with Crippen molar-refractivity contribution < 1.29 is 53.4 Å². The summed E-state index contributed by atoms with van der Waals surface area (Å²) in [5.74, 6) is 0.00633. The first-order valence-corrected chi connectivity index (χ1v) is 12.2. The van der Waals surface area contributed by atoms with E-state index in [2.05, 4.69) is 4.99 Å². The number of phenolic OH excluding ortho intramolecular Hbond substituents is 1. The van der Waals surface area contributed by atoms with Gasteiger partial charge < -0.3 is 39.0 Å². The fourth-order valence-electron chi connectivity index (χ4n) is 5.29. The lowest BCUT2D eigenvalue weighted by molar-refractivity contribution is 0.135. The summed E-state index contributed by atoms with van der Waals surface area (Å²) in [4.78, 5) is 39.7.